The van der Waals surface area contributed by atoms with E-state index >= 15 is 0 Å². The minimum Gasteiger partial charge on any atom is -0.497 e. The van der Waals surface area contributed by atoms with Crippen LogP contribution in [0.15, 0.2) is 48.8 Å². The number of anilines is 2. The van der Waals surface area contributed by atoms with Gasteiger partial charge in [-0.05, 0) is 55.7 Å². The van der Waals surface area contributed by atoms with Crippen molar-refractivity contribution in [3.63, 3.8) is 0 Å². The number of ether oxygens (including phenoxy) is 1. The number of fused-ring (bicyclic) bond motifs is 1. The summed E-state index contributed by atoms with van der Waals surface area (Å²) >= 11 is 0. The van der Waals surface area contributed by atoms with Crippen LogP contribution in [0.5, 0.6) is 5.75 Å². The van der Waals surface area contributed by atoms with Crippen LogP contribution in [0.2, 0.25) is 0 Å². The summed E-state index contributed by atoms with van der Waals surface area (Å²) in [5.74, 6) is 1.45. The second-order valence-electron chi connectivity index (χ2n) is 6.66. The number of hydrogen-bond acceptors (Lipinski definition) is 5. The summed E-state index contributed by atoms with van der Waals surface area (Å²) in [6, 6.07) is 12.9. The fourth-order valence-electron chi connectivity index (χ4n) is 3.45. The molecule has 1 aliphatic rings. The lowest BCUT2D eigenvalue weighted by Crippen LogP contribution is -2.30. The topological polar surface area (TPSA) is 67.3 Å². The fraction of sp³-hybridized carbons (Fsp3) is 0.286. The van der Waals surface area contributed by atoms with Crippen LogP contribution in [0.4, 0.5) is 11.5 Å². The summed E-state index contributed by atoms with van der Waals surface area (Å²) < 4.78 is 5.18. The molecule has 0 unspecified atom stereocenters. The molecule has 6 nitrogen and oxygen atoms in total. The third kappa shape index (κ3) is 3.69. The van der Waals surface area contributed by atoms with E-state index in [0.29, 0.717) is 17.0 Å². The van der Waals surface area contributed by atoms with E-state index in [2.05, 4.69) is 20.2 Å². The number of methoxy groups -OCH3 is 1. The summed E-state index contributed by atoms with van der Waals surface area (Å²) in [6.45, 7) is 2.06. The highest BCUT2D eigenvalue weighted by Gasteiger charge is 2.16. The lowest BCUT2D eigenvalue weighted by Gasteiger charge is -2.28. The van der Waals surface area contributed by atoms with E-state index in [0.717, 1.165) is 29.8 Å². The molecule has 0 radical (unpaired) electrons. The number of nitrogens with one attached hydrogen (secondary N) is 1. The van der Waals surface area contributed by atoms with Gasteiger partial charge in [0.25, 0.3) is 5.91 Å². The quantitative estimate of drug-likeness (QED) is 0.763. The summed E-state index contributed by atoms with van der Waals surface area (Å²) in [5, 5.41) is 3.94. The van der Waals surface area contributed by atoms with Crippen molar-refractivity contribution in [1.82, 2.24) is 9.97 Å². The average molecular weight is 362 g/mol. The number of benzene rings is 2. The van der Waals surface area contributed by atoms with E-state index in [-0.39, 0.29) is 5.91 Å². The van der Waals surface area contributed by atoms with Crippen LogP contribution in [0.3, 0.4) is 0 Å². The normalized spacial score (nSPS) is 14.2. The molecule has 3 aromatic rings. The van der Waals surface area contributed by atoms with Crippen LogP contribution in [0, 0.1) is 0 Å². The van der Waals surface area contributed by atoms with Gasteiger partial charge in [0, 0.05) is 29.7 Å². The highest BCUT2D eigenvalue weighted by molar-refractivity contribution is 6.05. The highest BCUT2D eigenvalue weighted by Crippen LogP contribution is 2.27. The lowest BCUT2D eigenvalue weighted by atomic mass is 10.1. The second kappa shape index (κ2) is 7.61. The van der Waals surface area contributed by atoms with Crippen LogP contribution in [0.1, 0.15) is 29.6 Å². The molecule has 2 aromatic carbocycles. The molecule has 2 heterocycles. The summed E-state index contributed by atoms with van der Waals surface area (Å²) in [6.07, 6.45) is 5.26. The zero-order valence-electron chi connectivity index (χ0n) is 15.3. The molecular weight excluding hydrogens is 340 g/mol. The van der Waals surface area contributed by atoms with Gasteiger partial charge < -0.3 is 15.0 Å². The van der Waals surface area contributed by atoms with E-state index < -0.39 is 0 Å². The van der Waals surface area contributed by atoms with Crippen molar-refractivity contribution in [2.24, 2.45) is 0 Å². The first-order valence-corrected chi connectivity index (χ1v) is 9.20. The van der Waals surface area contributed by atoms with E-state index in [1.54, 1.807) is 31.6 Å². The Balaban J connectivity index is 1.59. The minimum absolute atomic E-state index is 0.182. The SMILES string of the molecule is COc1cccc(C(=O)Nc2ccc3c(N4CCCCC4)ncnc3c2)c1. The van der Waals surface area contributed by atoms with Gasteiger partial charge in [0.05, 0.1) is 12.6 Å². The standard InChI is InChI=1S/C21H22N4O2/c1-27-17-7-5-6-15(12-17)21(26)24-16-8-9-18-19(13-16)22-14-23-20(18)25-10-3-2-4-11-25/h5-9,12-14H,2-4,10-11H2,1H3,(H,24,26). The molecule has 6 heteroatoms. The third-order valence-corrected chi connectivity index (χ3v) is 4.86. The lowest BCUT2D eigenvalue weighted by molar-refractivity contribution is 0.102. The van der Waals surface area contributed by atoms with Gasteiger partial charge in [-0.25, -0.2) is 9.97 Å². The van der Waals surface area contributed by atoms with Gasteiger partial charge in [0.2, 0.25) is 0 Å². The highest BCUT2D eigenvalue weighted by atomic mass is 16.5. The van der Waals surface area contributed by atoms with Crippen molar-refractivity contribution in [3.8, 4) is 5.75 Å². The number of hydrogen-bond donors (Lipinski definition) is 1. The van der Waals surface area contributed by atoms with Crippen molar-refractivity contribution in [2.45, 2.75) is 19.3 Å². The molecular formula is C21H22N4O2. The van der Waals surface area contributed by atoms with Crippen molar-refractivity contribution < 1.29 is 9.53 Å². The van der Waals surface area contributed by atoms with Crippen LogP contribution < -0.4 is 15.0 Å². The van der Waals surface area contributed by atoms with Gasteiger partial charge in [-0.15, -0.1) is 0 Å². The van der Waals surface area contributed by atoms with Crippen molar-refractivity contribution >= 4 is 28.3 Å². The fourth-order valence-corrected chi connectivity index (χ4v) is 3.45. The Morgan fingerprint density at radius 2 is 1.93 bits per heavy atom. The van der Waals surface area contributed by atoms with Crippen LogP contribution in [-0.4, -0.2) is 36.1 Å². The molecule has 1 amide bonds. The molecule has 0 spiro atoms. The molecule has 0 atom stereocenters. The first kappa shape index (κ1) is 17.3. The van der Waals surface area contributed by atoms with Gasteiger partial charge in [0.1, 0.15) is 17.9 Å². The predicted molar refractivity (Wildman–Crippen MR) is 107 cm³/mol. The van der Waals surface area contributed by atoms with Gasteiger partial charge >= 0.3 is 0 Å². The molecule has 4 rings (SSSR count). The summed E-state index contributed by atoms with van der Waals surface area (Å²) in [4.78, 5) is 23.7. The number of carbonyl (C=O) groups is 1. The smallest absolute Gasteiger partial charge is 0.255 e. The van der Waals surface area contributed by atoms with E-state index in [9.17, 15) is 4.79 Å². The van der Waals surface area contributed by atoms with Gasteiger partial charge in [-0.3, -0.25) is 4.79 Å². The number of rotatable bonds is 4. The molecule has 1 saturated heterocycles. The Kier molecular flexibility index (Phi) is 4.87. The third-order valence-electron chi connectivity index (χ3n) is 4.86. The van der Waals surface area contributed by atoms with E-state index in [1.165, 1.54) is 19.3 Å². The molecule has 0 bridgehead atoms. The number of aromatic nitrogens is 2. The Hall–Kier alpha value is -3.15. The largest absolute Gasteiger partial charge is 0.497 e. The van der Waals surface area contributed by atoms with Gasteiger partial charge in [-0.2, -0.15) is 0 Å². The van der Waals surface area contributed by atoms with E-state index in [1.807, 2.05) is 24.3 Å². The monoisotopic (exact) mass is 362 g/mol. The molecule has 0 saturated carbocycles. The van der Waals surface area contributed by atoms with Crippen molar-refractivity contribution in [1.29, 1.82) is 0 Å². The van der Waals surface area contributed by atoms with E-state index in [4.69, 9.17) is 4.74 Å². The molecule has 1 fully saturated rings. The number of carbonyl (C=O) groups excluding carboxylic acids is 1. The molecule has 1 aromatic heterocycles. The molecule has 1 N–H and O–H groups in total. The Morgan fingerprint density at radius 1 is 1.07 bits per heavy atom. The Morgan fingerprint density at radius 3 is 2.74 bits per heavy atom. The zero-order valence-corrected chi connectivity index (χ0v) is 15.3. The van der Waals surface area contributed by atoms with Crippen molar-refractivity contribution in [2.75, 3.05) is 30.4 Å². The van der Waals surface area contributed by atoms with Gasteiger partial charge in [-0.1, -0.05) is 6.07 Å². The molecule has 1 aliphatic heterocycles. The predicted octanol–water partition coefficient (Wildman–Crippen LogP) is 3.88. The van der Waals surface area contributed by atoms with Gasteiger partial charge in [0.15, 0.2) is 0 Å². The zero-order chi connectivity index (χ0) is 18.6. The van der Waals surface area contributed by atoms with Crippen LogP contribution in [-0.2, 0) is 0 Å². The molecule has 27 heavy (non-hydrogen) atoms. The second-order valence-corrected chi connectivity index (χ2v) is 6.66. The number of piperidine rings is 1. The molecule has 0 aliphatic carbocycles. The first-order chi connectivity index (χ1) is 13.2. The first-order valence-electron chi connectivity index (χ1n) is 9.20. The number of amides is 1. The van der Waals surface area contributed by atoms with Crippen LogP contribution in [0.25, 0.3) is 10.9 Å². The molecule has 138 valence electrons. The minimum atomic E-state index is -0.182. The van der Waals surface area contributed by atoms with Crippen molar-refractivity contribution in [3.05, 3.63) is 54.4 Å². The van der Waals surface area contributed by atoms with Crippen LogP contribution >= 0.6 is 0 Å². The summed E-state index contributed by atoms with van der Waals surface area (Å²) in [7, 11) is 1.58. The number of nitrogens with zero attached hydrogens (tertiary/aromatic N) is 3. The maximum Gasteiger partial charge on any atom is 0.255 e. The maximum absolute atomic E-state index is 12.5. The average Bonchev–Trinajstić information content (AvgIpc) is 2.73. The summed E-state index contributed by atoms with van der Waals surface area (Å²) in [5.41, 5.74) is 2.08. The maximum atomic E-state index is 12.5. The Bertz CT molecular complexity index is 967. The Labute approximate surface area is 158 Å².